The molecule has 8 bridgehead atoms. The Labute approximate surface area is 345 Å². The summed E-state index contributed by atoms with van der Waals surface area (Å²) in [5.74, 6) is -1.23. The van der Waals surface area contributed by atoms with Crippen molar-refractivity contribution in [1.29, 1.82) is 0 Å². The van der Waals surface area contributed by atoms with E-state index in [0.29, 0.717) is 25.7 Å². The van der Waals surface area contributed by atoms with Gasteiger partial charge in [0.05, 0.1) is 70.3 Å². The van der Waals surface area contributed by atoms with E-state index < -0.39 is 86.1 Å². The first kappa shape index (κ1) is 43.5. The molecule has 4 saturated carbocycles. The Kier molecular flexibility index (Phi) is 11.9. The van der Waals surface area contributed by atoms with Crippen LogP contribution in [0.2, 0.25) is 0 Å². The molecule has 4 aliphatic carbocycles. The maximum absolute atomic E-state index is 12.5. The van der Waals surface area contributed by atoms with Gasteiger partial charge in [-0.1, -0.05) is 0 Å². The minimum absolute atomic E-state index is 0. The molecule has 320 valence electrons. The smallest absolute Gasteiger partial charge is 0.286 e. The molecule has 0 spiro atoms. The summed E-state index contributed by atoms with van der Waals surface area (Å²) >= 11 is 0. The standard InChI is InChI=1S/C32H56N8O12S4.Al/c41-53(42,43)13-1-5-17-21(9-13)29-34-25(17)33-26-18-6-2-15(55(47,48)49)11-23(18)31(35-26)40-32-24-12-16(56(50,51)52)4-8-20(24)28(39-32)38-30-22-10-14(54(44,45)46)3-7-19(22)27(36-29)37-30;/h13-40H,1-12H2,(H,41,42,43)(H,44,45,46)(H,47,48,49)(H,50,51,52);/q;+3. The normalized spacial score (nSPS) is 50.2. The first-order valence-electron chi connectivity index (χ1n) is 20.2. The van der Waals surface area contributed by atoms with Crippen molar-refractivity contribution in [2.45, 2.75) is 147 Å². The predicted octanol–water partition coefficient (Wildman–Crippen LogP) is -2.31. The maximum Gasteiger partial charge on any atom is 3.00 e. The minimum atomic E-state index is -4.33. The molecule has 0 radical (unpaired) electrons. The van der Waals surface area contributed by atoms with E-state index >= 15 is 0 Å². The van der Waals surface area contributed by atoms with Crippen LogP contribution in [0.1, 0.15) is 77.0 Å². The van der Waals surface area contributed by atoms with Crippen molar-refractivity contribution in [1.82, 2.24) is 42.5 Å². The molecule has 5 heterocycles. The van der Waals surface area contributed by atoms with E-state index in [4.69, 9.17) is 0 Å². The van der Waals surface area contributed by atoms with Crippen LogP contribution < -0.4 is 42.5 Å². The average Bonchev–Trinajstić information content (AvgIpc) is 3.84. The molecule has 0 aromatic rings. The van der Waals surface area contributed by atoms with Crippen LogP contribution in [0.3, 0.4) is 0 Å². The quantitative estimate of drug-likeness (QED) is 0.104. The monoisotopic (exact) mass is 899 g/mol. The Balaban J connectivity index is 0.00000455. The molecule has 12 N–H and O–H groups in total. The summed E-state index contributed by atoms with van der Waals surface area (Å²) in [6.07, 6.45) is 0.748. The first-order chi connectivity index (χ1) is 26.2. The Hall–Kier alpha value is -0.148. The zero-order valence-corrected chi connectivity index (χ0v) is 35.7. The predicted molar refractivity (Wildman–Crippen MR) is 206 cm³/mol. The van der Waals surface area contributed by atoms with Crippen LogP contribution in [0.15, 0.2) is 0 Å². The van der Waals surface area contributed by atoms with Gasteiger partial charge < -0.3 is 0 Å². The third-order valence-electron chi connectivity index (χ3n) is 15.6. The van der Waals surface area contributed by atoms with Crippen LogP contribution >= 0.6 is 0 Å². The van der Waals surface area contributed by atoms with Crippen LogP contribution in [0, 0.1) is 47.3 Å². The minimum Gasteiger partial charge on any atom is -0.286 e. The summed E-state index contributed by atoms with van der Waals surface area (Å²) in [6, 6.07) is 0. The van der Waals surface area contributed by atoms with Crippen molar-refractivity contribution in [3.8, 4) is 0 Å². The van der Waals surface area contributed by atoms with Crippen molar-refractivity contribution >= 4 is 57.8 Å². The molecule has 0 aromatic carbocycles. The molecule has 5 aliphatic heterocycles. The van der Waals surface area contributed by atoms with Gasteiger partial charge in [0.15, 0.2) is 0 Å². The average molecular weight is 900 g/mol. The molecule has 20 nitrogen and oxygen atoms in total. The van der Waals surface area contributed by atoms with Crippen molar-refractivity contribution < 1.29 is 51.9 Å². The summed E-state index contributed by atoms with van der Waals surface area (Å²) in [5.41, 5.74) is 0. The van der Waals surface area contributed by atoms with E-state index in [2.05, 4.69) is 42.5 Å². The van der Waals surface area contributed by atoms with Gasteiger partial charge >= 0.3 is 17.4 Å². The Morgan fingerprint density at radius 2 is 0.439 bits per heavy atom. The van der Waals surface area contributed by atoms with Gasteiger partial charge in [-0.2, -0.15) is 33.7 Å². The molecule has 9 fully saturated rings. The number of hydrogen-bond acceptors (Lipinski definition) is 16. The second kappa shape index (κ2) is 15.6. The molecule has 57 heavy (non-hydrogen) atoms. The molecule has 9 aliphatic rings. The molecule has 9 rings (SSSR count). The van der Waals surface area contributed by atoms with Gasteiger partial charge in [-0.05, 0) is 124 Å². The van der Waals surface area contributed by atoms with Gasteiger partial charge in [-0.3, -0.25) is 60.7 Å². The van der Waals surface area contributed by atoms with E-state index in [-0.39, 0.29) is 141 Å². The summed E-state index contributed by atoms with van der Waals surface area (Å²) in [6.45, 7) is 0. The van der Waals surface area contributed by atoms with Crippen molar-refractivity contribution in [3.05, 3.63) is 0 Å². The molecular formula is C32H56AlN8O12S4+3. The largest absolute Gasteiger partial charge is 3.00 e. The molecular weight excluding hydrogens is 844 g/mol. The van der Waals surface area contributed by atoms with Crippen LogP contribution in [0.4, 0.5) is 0 Å². The van der Waals surface area contributed by atoms with Crippen molar-refractivity contribution in [2.75, 3.05) is 0 Å². The van der Waals surface area contributed by atoms with E-state index in [1.807, 2.05) is 0 Å². The van der Waals surface area contributed by atoms with Gasteiger partial charge in [0, 0.05) is 0 Å². The number of rotatable bonds is 4. The number of nitrogens with one attached hydrogen (secondary N) is 8. The third-order valence-corrected chi connectivity index (χ3v) is 20.7. The van der Waals surface area contributed by atoms with E-state index in [1.54, 1.807) is 0 Å². The van der Waals surface area contributed by atoms with E-state index in [1.165, 1.54) is 0 Å². The molecule has 20 atom stereocenters. The van der Waals surface area contributed by atoms with Gasteiger partial charge in [-0.15, -0.1) is 0 Å². The Morgan fingerprint density at radius 1 is 0.281 bits per heavy atom. The number of hydrogen-bond donors (Lipinski definition) is 12. The molecule has 5 saturated heterocycles. The zero-order valence-electron chi connectivity index (χ0n) is 31.3. The number of fused-ring (bicyclic) bond motifs is 20. The molecule has 0 amide bonds. The van der Waals surface area contributed by atoms with E-state index in [9.17, 15) is 51.9 Å². The Bertz CT molecular complexity index is 1990. The second-order valence-corrected chi connectivity index (χ2v) is 25.1. The van der Waals surface area contributed by atoms with Crippen LogP contribution in [0.5, 0.6) is 0 Å². The van der Waals surface area contributed by atoms with Gasteiger partial charge in [0.1, 0.15) is 0 Å². The fraction of sp³-hybridized carbons (Fsp3) is 1.00. The van der Waals surface area contributed by atoms with Gasteiger partial charge in [-0.25, -0.2) is 0 Å². The van der Waals surface area contributed by atoms with Gasteiger partial charge in [0.25, 0.3) is 40.5 Å². The second-order valence-electron chi connectivity index (χ2n) is 18.3. The van der Waals surface area contributed by atoms with E-state index in [0.717, 1.165) is 0 Å². The summed E-state index contributed by atoms with van der Waals surface area (Å²) in [7, 11) is -17.3. The summed E-state index contributed by atoms with van der Waals surface area (Å²) in [5, 5.41) is 26.0. The van der Waals surface area contributed by atoms with Crippen LogP contribution in [-0.4, -0.2) is 140 Å². The molecule has 25 heteroatoms. The van der Waals surface area contributed by atoms with Crippen LogP contribution in [0.25, 0.3) is 0 Å². The third kappa shape index (κ3) is 8.28. The zero-order chi connectivity index (χ0) is 39.7. The topological polar surface area (TPSA) is 314 Å². The Morgan fingerprint density at radius 3 is 0.596 bits per heavy atom. The fourth-order valence-electron chi connectivity index (χ4n) is 12.9. The molecule has 20 unspecified atom stereocenters. The molecule has 0 aromatic heterocycles. The summed E-state index contributed by atoms with van der Waals surface area (Å²) in [4.78, 5) is 0. The SMILES string of the molecule is O=S(=O)(O)C1CCC2C3NC4NC(NC5NC(NC6NC(NC(N3)C2C1)C1CCC(S(=O)(=O)O)CC61)C1CCC(S(=O)(=O)O)CC51)C1CC(S(=O)(=O)O)CCC41.[Al+3]. The first-order valence-corrected chi connectivity index (χ1v) is 26.2. The van der Waals surface area contributed by atoms with Crippen LogP contribution in [-0.2, 0) is 40.5 Å². The summed E-state index contributed by atoms with van der Waals surface area (Å²) < 4.78 is 140. The van der Waals surface area contributed by atoms with Crippen molar-refractivity contribution in [2.24, 2.45) is 47.3 Å². The maximum atomic E-state index is 12.5. The van der Waals surface area contributed by atoms with Crippen molar-refractivity contribution in [3.63, 3.8) is 0 Å². The van der Waals surface area contributed by atoms with Gasteiger partial charge in [0.2, 0.25) is 0 Å². The fourth-order valence-corrected chi connectivity index (χ4v) is 16.5.